The Morgan fingerprint density at radius 2 is 0.867 bits per heavy atom. The highest BCUT2D eigenvalue weighted by Crippen LogP contribution is 2.21. The summed E-state index contributed by atoms with van der Waals surface area (Å²) in [7, 11) is 0. The SMILES string of the molecule is NC(=O)c1ccccc1OC(=O)c1ccc(C(=O)Oc2ccccc2C(N)=O)cc1. The third kappa shape index (κ3) is 4.50. The van der Waals surface area contributed by atoms with Crippen molar-refractivity contribution in [3.8, 4) is 11.5 Å². The molecule has 0 atom stereocenters. The molecule has 0 fully saturated rings. The van der Waals surface area contributed by atoms with Gasteiger partial charge in [0.1, 0.15) is 11.5 Å². The zero-order valence-corrected chi connectivity index (χ0v) is 15.5. The first-order valence-corrected chi connectivity index (χ1v) is 8.69. The van der Waals surface area contributed by atoms with Crippen LogP contribution in [0, 0.1) is 0 Å². The molecule has 4 N–H and O–H groups in total. The van der Waals surface area contributed by atoms with Crippen molar-refractivity contribution in [2.45, 2.75) is 0 Å². The van der Waals surface area contributed by atoms with Crippen molar-refractivity contribution < 1.29 is 28.7 Å². The fourth-order valence-electron chi connectivity index (χ4n) is 2.58. The summed E-state index contributed by atoms with van der Waals surface area (Å²) in [6.45, 7) is 0. The van der Waals surface area contributed by atoms with Crippen molar-refractivity contribution >= 4 is 23.8 Å². The van der Waals surface area contributed by atoms with E-state index in [0.29, 0.717) is 0 Å². The number of ether oxygens (including phenoxy) is 2. The van der Waals surface area contributed by atoms with E-state index in [4.69, 9.17) is 20.9 Å². The van der Waals surface area contributed by atoms with Crippen LogP contribution in [0.25, 0.3) is 0 Å². The molecule has 0 unspecified atom stereocenters. The third-order valence-electron chi connectivity index (χ3n) is 4.07. The van der Waals surface area contributed by atoms with Gasteiger partial charge in [-0.05, 0) is 48.5 Å². The van der Waals surface area contributed by atoms with Crippen LogP contribution in [0.3, 0.4) is 0 Å². The van der Waals surface area contributed by atoms with Gasteiger partial charge in [-0.2, -0.15) is 0 Å². The van der Waals surface area contributed by atoms with E-state index in [1.165, 1.54) is 48.5 Å². The van der Waals surface area contributed by atoms with Gasteiger partial charge in [0.2, 0.25) is 0 Å². The minimum absolute atomic E-state index is 0.0292. The second-order valence-electron chi connectivity index (χ2n) is 6.08. The average molecular weight is 404 g/mol. The van der Waals surface area contributed by atoms with Gasteiger partial charge in [0.25, 0.3) is 11.8 Å². The highest BCUT2D eigenvalue weighted by Gasteiger charge is 2.17. The summed E-state index contributed by atoms with van der Waals surface area (Å²) in [5, 5.41) is 0. The van der Waals surface area contributed by atoms with Gasteiger partial charge < -0.3 is 20.9 Å². The standard InChI is InChI=1S/C22H16N2O6/c23-19(25)15-5-1-3-7-17(15)29-21(27)13-9-11-14(12-10-13)22(28)30-18-8-4-2-6-16(18)20(24)26/h1-12H,(H2,23,25)(H2,24,26). The first-order chi connectivity index (χ1) is 14.4. The third-order valence-corrected chi connectivity index (χ3v) is 4.07. The summed E-state index contributed by atoms with van der Waals surface area (Å²) in [5.74, 6) is -2.87. The summed E-state index contributed by atoms with van der Waals surface area (Å²) in [5.41, 5.74) is 10.9. The summed E-state index contributed by atoms with van der Waals surface area (Å²) in [4.78, 5) is 47.5. The lowest BCUT2D eigenvalue weighted by atomic mass is 10.1. The molecule has 3 aromatic carbocycles. The zero-order valence-electron chi connectivity index (χ0n) is 15.5. The molecule has 30 heavy (non-hydrogen) atoms. The molecule has 8 heteroatoms. The molecule has 2 amide bonds. The first-order valence-electron chi connectivity index (χ1n) is 8.69. The van der Waals surface area contributed by atoms with Gasteiger partial charge in [0, 0.05) is 0 Å². The Bertz CT molecular complexity index is 1050. The normalized spacial score (nSPS) is 10.1. The van der Waals surface area contributed by atoms with Crippen molar-refractivity contribution in [2.75, 3.05) is 0 Å². The predicted octanol–water partition coefficient (Wildman–Crippen LogP) is 2.32. The summed E-state index contributed by atoms with van der Waals surface area (Å²) in [6, 6.07) is 17.6. The fraction of sp³-hybridized carbons (Fsp3) is 0. The minimum Gasteiger partial charge on any atom is -0.422 e. The number of primary amides is 2. The molecule has 0 aliphatic rings. The average Bonchev–Trinajstić information content (AvgIpc) is 2.74. The van der Waals surface area contributed by atoms with Crippen LogP contribution < -0.4 is 20.9 Å². The molecular formula is C22H16N2O6. The number of carbonyl (C=O) groups excluding carboxylic acids is 4. The molecule has 3 aromatic rings. The maximum absolute atomic E-state index is 12.3. The van der Waals surface area contributed by atoms with E-state index in [-0.39, 0.29) is 33.8 Å². The summed E-state index contributed by atoms with van der Waals surface area (Å²) >= 11 is 0. The van der Waals surface area contributed by atoms with E-state index in [1.54, 1.807) is 24.3 Å². The molecule has 0 heterocycles. The van der Waals surface area contributed by atoms with Crippen LogP contribution in [0.4, 0.5) is 0 Å². The highest BCUT2D eigenvalue weighted by atomic mass is 16.5. The maximum Gasteiger partial charge on any atom is 0.343 e. The first kappa shape index (κ1) is 20.3. The monoisotopic (exact) mass is 404 g/mol. The molecule has 0 aliphatic heterocycles. The van der Waals surface area contributed by atoms with E-state index >= 15 is 0 Å². The molecule has 0 saturated carbocycles. The second-order valence-corrected chi connectivity index (χ2v) is 6.08. The number of esters is 2. The Morgan fingerprint density at radius 3 is 1.20 bits per heavy atom. The Labute approximate surface area is 171 Å². The van der Waals surface area contributed by atoms with Gasteiger partial charge in [-0.3, -0.25) is 9.59 Å². The molecule has 150 valence electrons. The van der Waals surface area contributed by atoms with E-state index in [1.807, 2.05) is 0 Å². The molecule has 3 rings (SSSR count). The smallest absolute Gasteiger partial charge is 0.343 e. The number of rotatable bonds is 6. The number of benzene rings is 3. The maximum atomic E-state index is 12.3. The number of para-hydroxylation sites is 2. The summed E-state index contributed by atoms with van der Waals surface area (Å²) < 4.78 is 10.4. The molecular weight excluding hydrogens is 388 g/mol. The molecule has 0 spiro atoms. The predicted molar refractivity (Wildman–Crippen MR) is 106 cm³/mol. The largest absolute Gasteiger partial charge is 0.422 e. The number of amides is 2. The summed E-state index contributed by atoms with van der Waals surface area (Å²) in [6.07, 6.45) is 0. The van der Waals surface area contributed by atoms with Crippen LogP contribution in [0.2, 0.25) is 0 Å². The van der Waals surface area contributed by atoms with E-state index < -0.39 is 23.8 Å². The van der Waals surface area contributed by atoms with Crippen LogP contribution in [-0.2, 0) is 0 Å². The highest BCUT2D eigenvalue weighted by molar-refractivity contribution is 6.00. The van der Waals surface area contributed by atoms with Gasteiger partial charge in [0.15, 0.2) is 0 Å². The van der Waals surface area contributed by atoms with Crippen LogP contribution in [0.1, 0.15) is 41.4 Å². The Morgan fingerprint density at radius 1 is 0.533 bits per heavy atom. The molecule has 0 bridgehead atoms. The van der Waals surface area contributed by atoms with Crippen LogP contribution in [-0.4, -0.2) is 23.8 Å². The quantitative estimate of drug-likeness (QED) is 0.477. The van der Waals surface area contributed by atoms with Gasteiger partial charge >= 0.3 is 11.9 Å². The Kier molecular flexibility index (Phi) is 5.88. The lowest BCUT2D eigenvalue weighted by Crippen LogP contribution is -2.17. The number of hydrogen-bond donors (Lipinski definition) is 2. The van der Waals surface area contributed by atoms with E-state index in [9.17, 15) is 19.2 Å². The Hall–Kier alpha value is -4.46. The van der Waals surface area contributed by atoms with Crippen molar-refractivity contribution in [2.24, 2.45) is 11.5 Å². The molecule has 8 nitrogen and oxygen atoms in total. The van der Waals surface area contributed by atoms with Gasteiger partial charge in [-0.25, -0.2) is 9.59 Å². The number of hydrogen-bond acceptors (Lipinski definition) is 6. The van der Waals surface area contributed by atoms with Crippen LogP contribution in [0.5, 0.6) is 11.5 Å². The van der Waals surface area contributed by atoms with Crippen molar-refractivity contribution in [3.05, 3.63) is 95.1 Å². The number of carbonyl (C=O) groups is 4. The topological polar surface area (TPSA) is 139 Å². The van der Waals surface area contributed by atoms with Crippen molar-refractivity contribution in [3.63, 3.8) is 0 Å². The molecule has 0 aliphatic carbocycles. The van der Waals surface area contributed by atoms with Crippen LogP contribution >= 0.6 is 0 Å². The molecule has 0 saturated heterocycles. The van der Waals surface area contributed by atoms with Gasteiger partial charge in [-0.15, -0.1) is 0 Å². The zero-order chi connectivity index (χ0) is 21.7. The van der Waals surface area contributed by atoms with E-state index in [0.717, 1.165) is 0 Å². The lowest BCUT2D eigenvalue weighted by Gasteiger charge is -2.09. The van der Waals surface area contributed by atoms with Gasteiger partial charge in [-0.1, -0.05) is 24.3 Å². The van der Waals surface area contributed by atoms with Crippen LogP contribution in [0.15, 0.2) is 72.8 Å². The molecule has 0 radical (unpaired) electrons. The van der Waals surface area contributed by atoms with Crippen molar-refractivity contribution in [1.29, 1.82) is 0 Å². The Balaban J connectivity index is 1.74. The number of nitrogens with two attached hydrogens (primary N) is 2. The molecule has 0 aromatic heterocycles. The second kappa shape index (κ2) is 8.70. The fourth-order valence-corrected chi connectivity index (χ4v) is 2.58. The van der Waals surface area contributed by atoms with Gasteiger partial charge in [0.05, 0.1) is 22.3 Å². The minimum atomic E-state index is -0.734. The van der Waals surface area contributed by atoms with Crippen molar-refractivity contribution in [1.82, 2.24) is 0 Å². The lowest BCUT2D eigenvalue weighted by molar-refractivity contribution is 0.0716. The van der Waals surface area contributed by atoms with E-state index in [2.05, 4.69) is 0 Å².